The summed E-state index contributed by atoms with van der Waals surface area (Å²) in [7, 11) is 1.85. The first kappa shape index (κ1) is 14.7. The normalized spacial score (nSPS) is 11.4. The van der Waals surface area contributed by atoms with E-state index in [1.54, 1.807) is 4.90 Å². The van der Waals surface area contributed by atoms with Crippen LogP contribution in [0.2, 0.25) is 0 Å². The van der Waals surface area contributed by atoms with Gasteiger partial charge in [0.1, 0.15) is 0 Å². The lowest BCUT2D eigenvalue weighted by Gasteiger charge is -2.35. The first-order chi connectivity index (χ1) is 7.79. The summed E-state index contributed by atoms with van der Waals surface area (Å²) in [5.41, 5.74) is 0.557. The Morgan fingerprint density at radius 3 is 2.41 bits per heavy atom. The van der Waals surface area contributed by atoms with Crippen LogP contribution in [0, 0.1) is 0 Å². The highest BCUT2D eigenvalue weighted by Crippen LogP contribution is 2.26. The van der Waals surface area contributed by atoms with Crippen LogP contribution in [0.15, 0.2) is 27.1 Å². The largest absolute Gasteiger partial charge is 0.337 e. The standard InChI is InChI=1S/C13H17Br2NO/c1-5-13(2,3)16(4)12(17)10-7-6-9(14)8-11(10)15/h6-8H,5H2,1-4H3. The maximum atomic E-state index is 12.4. The molecular weight excluding hydrogens is 346 g/mol. The van der Waals surface area contributed by atoms with Crippen molar-refractivity contribution in [1.82, 2.24) is 4.90 Å². The van der Waals surface area contributed by atoms with Crippen LogP contribution >= 0.6 is 31.9 Å². The highest BCUT2D eigenvalue weighted by atomic mass is 79.9. The molecule has 0 N–H and O–H groups in total. The van der Waals surface area contributed by atoms with Crippen LogP contribution in [0.25, 0.3) is 0 Å². The minimum Gasteiger partial charge on any atom is -0.337 e. The minimum atomic E-state index is -0.135. The molecule has 0 atom stereocenters. The van der Waals surface area contributed by atoms with Gasteiger partial charge in [0.15, 0.2) is 0 Å². The van der Waals surface area contributed by atoms with Crippen molar-refractivity contribution in [3.05, 3.63) is 32.7 Å². The Labute approximate surface area is 120 Å². The topological polar surface area (TPSA) is 20.3 Å². The van der Waals surface area contributed by atoms with Crippen LogP contribution in [0.5, 0.6) is 0 Å². The van der Waals surface area contributed by atoms with Gasteiger partial charge in [-0.15, -0.1) is 0 Å². The second-order valence-corrected chi connectivity index (χ2v) is 6.42. The molecule has 0 saturated carbocycles. The SMILES string of the molecule is CCC(C)(C)N(C)C(=O)c1ccc(Br)cc1Br. The summed E-state index contributed by atoms with van der Waals surface area (Å²) in [6, 6.07) is 5.60. The van der Waals surface area contributed by atoms with Crippen LogP contribution in [-0.2, 0) is 0 Å². The fraction of sp³-hybridized carbons (Fsp3) is 0.462. The van der Waals surface area contributed by atoms with E-state index in [0.29, 0.717) is 5.56 Å². The van der Waals surface area contributed by atoms with Gasteiger partial charge in [0, 0.05) is 21.5 Å². The van der Waals surface area contributed by atoms with Gasteiger partial charge in [0.05, 0.1) is 5.56 Å². The lowest BCUT2D eigenvalue weighted by Crippen LogP contribution is -2.44. The van der Waals surface area contributed by atoms with Gasteiger partial charge in [-0.2, -0.15) is 0 Å². The molecule has 94 valence electrons. The van der Waals surface area contributed by atoms with Gasteiger partial charge in [0.25, 0.3) is 5.91 Å². The number of hydrogen-bond donors (Lipinski definition) is 0. The predicted molar refractivity (Wildman–Crippen MR) is 78.3 cm³/mol. The average Bonchev–Trinajstić information content (AvgIpc) is 2.27. The number of benzene rings is 1. The van der Waals surface area contributed by atoms with E-state index in [0.717, 1.165) is 15.4 Å². The molecule has 0 fully saturated rings. The second-order valence-electron chi connectivity index (χ2n) is 4.65. The first-order valence-electron chi connectivity index (χ1n) is 5.53. The summed E-state index contributed by atoms with van der Waals surface area (Å²) in [6.45, 7) is 6.22. The van der Waals surface area contributed by atoms with E-state index in [1.807, 2.05) is 25.2 Å². The third-order valence-corrected chi connectivity index (χ3v) is 4.39. The molecule has 1 aromatic rings. The summed E-state index contributed by atoms with van der Waals surface area (Å²) in [5.74, 6) is 0.0382. The molecule has 0 spiro atoms. The van der Waals surface area contributed by atoms with Crippen molar-refractivity contribution in [3.8, 4) is 0 Å². The molecule has 0 unspecified atom stereocenters. The Balaban J connectivity index is 3.05. The van der Waals surface area contributed by atoms with E-state index in [1.165, 1.54) is 0 Å². The van der Waals surface area contributed by atoms with Gasteiger partial charge in [0.2, 0.25) is 0 Å². The summed E-state index contributed by atoms with van der Waals surface area (Å²) in [6.07, 6.45) is 0.920. The lowest BCUT2D eigenvalue weighted by atomic mass is 9.99. The molecular formula is C13H17Br2NO. The second kappa shape index (κ2) is 5.53. The van der Waals surface area contributed by atoms with Crippen LogP contribution in [0.3, 0.4) is 0 Å². The molecule has 0 aromatic heterocycles. The Morgan fingerprint density at radius 2 is 1.94 bits per heavy atom. The maximum absolute atomic E-state index is 12.4. The fourth-order valence-electron chi connectivity index (χ4n) is 1.36. The molecule has 0 saturated heterocycles. The third-order valence-electron chi connectivity index (χ3n) is 3.24. The smallest absolute Gasteiger partial charge is 0.255 e. The summed E-state index contributed by atoms with van der Waals surface area (Å²) in [5, 5.41) is 0. The van der Waals surface area contributed by atoms with Crippen LogP contribution in [0.1, 0.15) is 37.6 Å². The number of rotatable bonds is 3. The molecule has 0 aliphatic heterocycles. The van der Waals surface area contributed by atoms with Crippen molar-refractivity contribution in [2.24, 2.45) is 0 Å². The molecule has 0 radical (unpaired) electrons. The average molecular weight is 363 g/mol. The van der Waals surface area contributed by atoms with Gasteiger partial charge in [-0.05, 0) is 54.4 Å². The van der Waals surface area contributed by atoms with Gasteiger partial charge >= 0.3 is 0 Å². The van der Waals surface area contributed by atoms with Crippen molar-refractivity contribution in [2.75, 3.05) is 7.05 Å². The Morgan fingerprint density at radius 1 is 1.35 bits per heavy atom. The Kier molecular flexibility index (Phi) is 4.78. The predicted octanol–water partition coefficient (Wildman–Crippen LogP) is 4.47. The summed E-state index contributed by atoms with van der Waals surface area (Å²) in [4.78, 5) is 14.2. The molecule has 1 rings (SSSR count). The van der Waals surface area contributed by atoms with E-state index in [2.05, 4.69) is 52.6 Å². The highest BCUT2D eigenvalue weighted by molar-refractivity contribution is 9.11. The van der Waals surface area contributed by atoms with Crippen molar-refractivity contribution in [2.45, 2.75) is 32.7 Å². The van der Waals surface area contributed by atoms with Crippen LogP contribution in [-0.4, -0.2) is 23.4 Å². The molecule has 0 aliphatic rings. The zero-order chi connectivity index (χ0) is 13.2. The minimum absolute atomic E-state index is 0.0382. The van der Waals surface area contributed by atoms with Gasteiger partial charge in [-0.1, -0.05) is 22.9 Å². The first-order valence-corrected chi connectivity index (χ1v) is 7.11. The van der Waals surface area contributed by atoms with Crippen molar-refractivity contribution >= 4 is 37.8 Å². The highest BCUT2D eigenvalue weighted by Gasteiger charge is 2.27. The molecule has 0 aliphatic carbocycles. The number of halogens is 2. The van der Waals surface area contributed by atoms with Gasteiger partial charge in [-0.3, -0.25) is 4.79 Å². The monoisotopic (exact) mass is 361 g/mol. The molecule has 1 amide bonds. The zero-order valence-corrected chi connectivity index (χ0v) is 13.7. The van der Waals surface area contributed by atoms with Crippen molar-refractivity contribution in [3.63, 3.8) is 0 Å². The van der Waals surface area contributed by atoms with Crippen LogP contribution < -0.4 is 0 Å². The van der Waals surface area contributed by atoms with E-state index in [4.69, 9.17) is 0 Å². The van der Waals surface area contributed by atoms with Gasteiger partial charge < -0.3 is 4.90 Å². The van der Waals surface area contributed by atoms with E-state index in [-0.39, 0.29) is 11.4 Å². The molecule has 17 heavy (non-hydrogen) atoms. The zero-order valence-electron chi connectivity index (χ0n) is 10.6. The van der Waals surface area contributed by atoms with Gasteiger partial charge in [-0.25, -0.2) is 0 Å². The van der Waals surface area contributed by atoms with E-state index in [9.17, 15) is 4.79 Å². The quantitative estimate of drug-likeness (QED) is 0.776. The fourth-order valence-corrected chi connectivity index (χ4v) is 2.57. The third kappa shape index (κ3) is 3.32. The molecule has 0 heterocycles. The van der Waals surface area contributed by atoms with Crippen molar-refractivity contribution in [1.29, 1.82) is 0 Å². The molecule has 1 aromatic carbocycles. The summed E-state index contributed by atoms with van der Waals surface area (Å²) < 4.78 is 1.77. The number of hydrogen-bond acceptors (Lipinski definition) is 1. The number of amides is 1. The van der Waals surface area contributed by atoms with E-state index < -0.39 is 0 Å². The van der Waals surface area contributed by atoms with Crippen LogP contribution in [0.4, 0.5) is 0 Å². The molecule has 4 heteroatoms. The number of carbonyl (C=O) groups is 1. The Hall–Kier alpha value is -0.350. The summed E-state index contributed by atoms with van der Waals surface area (Å²) >= 11 is 6.81. The molecule has 0 bridgehead atoms. The van der Waals surface area contributed by atoms with Crippen molar-refractivity contribution < 1.29 is 4.79 Å². The maximum Gasteiger partial charge on any atom is 0.255 e. The lowest BCUT2D eigenvalue weighted by molar-refractivity contribution is 0.0619. The van der Waals surface area contributed by atoms with E-state index >= 15 is 0 Å². The number of carbonyl (C=O) groups excluding carboxylic acids is 1. The number of nitrogens with zero attached hydrogens (tertiary/aromatic N) is 1. The molecule has 2 nitrogen and oxygen atoms in total. The Bertz CT molecular complexity index is 429.